The molecule has 2 rings (SSSR count). The Kier molecular flexibility index (Phi) is 2.97. The minimum Gasteiger partial charge on any atom is -0.368 e. The Balaban J connectivity index is 2.39. The van der Waals surface area contributed by atoms with Crippen LogP contribution in [0.2, 0.25) is 0 Å². The van der Waals surface area contributed by atoms with Crippen LogP contribution in [0.25, 0.3) is 0 Å². The molecule has 0 radical (unpaired) electrons. The van der Waals surface area contributed by atoms with Crippen LogP contribution < -0.4 is 10.6 Å². The normalized spacial score (nSPS) is 9.83. The van der Waals surface area contributed by atoms with Gasteiger partial charge in [0.05, 0.1) is 11.9 Å². The second kappa shape index (κ2) is 4.58. The summed E-state index contributed by atoms with van der Waals surface area (Å²) in [5.74, 6) is -0.537. The first kappa shape index (κ1) is 11.7. The zero-order valence-corrected chi connectivity index (χ0v) is 9.37. The van der Waals surface area contributed by atoms with E-state index in [1.807, 2.05) is 0 Å². The number of anilines is 3. The molecule has 0 aliphatic heterocycles. The van der Waals surface area contributed by atoms with Gasteiger partial charge in [-0.05, 0) is 12.1 Å². The van der Waals surface area contributed by atoms with Crippen molar-refractivity contribution in [1.82, 2.24) is 19.9 Å². The van der Waals surface area contributed by atoms with Gasteiger partial charge in [0.15, 0.2) is 0 Å². The Bertz CT molecular complexity index is 605. The van der Waals surface area contributed by atoms with E-state index < -0.39 is 5.95 Å². The van der Waals surface area contributed by atoms with E-state index >= 15 is 0 Å². The zero-order valence-electron chi connectivity index (χ0n) is 9.37. The van der Waals surface area contributed by atoms with Crippen LogP contribution in [0.15, 0.2) is 18.3 Å². The van der Waals surface area contributed by atoms with Crippen molar-refractivity contribution in [3.8, 4) is 6.07 Å². The lowest BCUT2D eigenvalue weighted by molar-refractivity contribution is 0.584. The number of hydrogen-bond donors (Lipinski definition) is 1. The van der Waals surface area contributed by atoms with Crippen molar-refractivity contribution in [2.75, 3.05) is 17.7 Å². The topological polar surface area (TPSA) is 105 Å². The second-order valence-corrected chi connectivity index (χ2v) is 3.33. The maximum Gasteiger partial charge on any atom is 0.238 e. The molecule has 0 unspecified atom stereocenters. The molecule has 2 aromatic heterocycles. The molecule has 2 N–H and O–H groups in total. The molecular weight excluding hydrogens is 237 g/mol. The fourth-order valence-electron chi connectivity index (χ4n) is 1.26. The lowest BCUT2D eigenvalue weighted by atomic mass is 10.4. The van der Waals surface area contributed by atoms with Gasteiger partial charge in [0, 0.05) is 7.05 Å². The maximum absolute atomic E-state index is 12.7. The van der Waals surface area contributed by atoms with Crippen molar-refractivity contribution in [2.45, 2.75) is 0 Å². The van der Waals surface area contributed by atoms with Gasteiger partial charge in [-0.15, -0.1) is 0 Å². The van der Waals surface area contributed by atoms with Crippen molar-refractivity contribution in [3.05, 3.63) is 30.1 Å². The van der Waals surface area contributed by atoms with Gasteiger partial charge in [0.1, 0.15) is 6.07 Å². The molecule has 18 heavy (non-hydrogen) atoms. The third kappa shape index (κ3) is 2.30. The molecular formula is C10H8FN7. The number of nitriles is 1. The molecule has 90 valence electrons. The molecule has 0 spiro atoms. The first-order valence-corrected chi connectivity index (χ1v) is 4.87. The van der Waals surface area contributed by atoms with Gasteiger partial charge in [0.2, 0.25) is 23.7 Å². The molecule has 7 nitrogen and oxygen atoms in total. The fraction of sp³-hybridized carbons (Fsp3) is 0.100. The quantitative estimate of drug-likeness (QED) is 0.773. The molecule has 0 aromatic carbocycles. The smallest absolute Gasteiger partial charge is 0.238 e. The summed E-state index contributed by atoms with van der Waals surface area (Å²) in [6, 6.07) is 4.50. The summed E-state index contributed by atoms with van der Waals surface area (Å²) in [5, 5.41) is 8.74. The lowest BCUT2D eigenvalue weighted by Crippen LogP contribution is -2.16. The van der Waals surface area contributed by atoms with Crippen molar-refractivity contribution in [1.29, 1.82) is 5.26 Å². The highest BCUT2D eigenvalue weighted by Gasteiger charge is 2.11. The van der Waals surface area contributed by atoms with Crippen LogP contribution in [0, 0.1) is 17.3 Å². The minimum atomic E-state index is -0.583. The number of aromatic nitrogens is 4. The Morgan fingerprint density at radius 1 is 1.33 bits per heavy atom. The van der Waals surface area contributed by atoms with Crippen molar-refractivity contribution in [3.63, 3.8) is 0 Å². The third-order valence-corrected chi connectivity index (χ3v) is 2.14. The predicted molar refractivity (Wildman–Crippen MR) is 61.2 cm³/mol. The summed E-state index contributed by atoms with van der Waals surface area (Å²) in [6.45, 7) is 0. The molecule has 2 heterocycles. The summed E-state index contributed by atoms with van der Waals surface area (Å²) in [4.78, 5) is 16.4. The summed E-state index contributed by atoms with van der Waals surface area (Å²) in [6.07, 6.45) is 1.32. The van der Waals surface area contributed by atoms with Gasteiger partial charge >= 0.3 is 0 Å². The molecule has 0 saturated carbocycles. The highest BCUT2D eigenvalue weighted by molar-refractivity contribution is 5.55. The Hall–Kier alpha value is -2.82. The van der Waals surface area contributed by atoms with Crippen LogP contribution in [0.1, 0.15) is 5.82 Å². The van der Waals surface area contributed by atoms with E-state index in [4.69, 9.17) is 11.0 Å². The number of pyridine rings is 1. The van der Waals surface area contributed by atoms with E-state index in [1.54, 1.807) is 13.1 Å². The highest BCUT2D eigenvalue weighted by atomic mass is 19.1. The van der Waals surface area contributed by atoms with Gasteiger partial charge in [-0.25, -0.2) is 4.98 Å². The van der Waals surface area contributed by atoms with Crippen molar-refractivity contribution in [2.24, 2.45) is 0 Å². The van der Waals surface area contributed by atoms with Crippen LogP contribution in [0.5, 0.6) is 0 Å². The number of rotatable bonds is 2. The first-order valence-electron chi connectivity index (χ1n) is 4.87. The molecule has 0 atom stereocenters. The van der Waals surface area contributed by atoms with Gasteiger partial charge < -0.3 is 10.6 Å². The first-order chi connectivity index (χ1) is 8.60. The molecule has 8 heteroatoms. The van der Waals surface area contributed by atoms with E-state index in [0.29, 0.717) is 5.69 Å². The van der Waals surface area contributed by atoms with Gasteiger partial charge in [0.25, 0.3) is 0 Å². The molecule has 0 bridgehead atoms. The van der Waals surface area contributed by atoms with Crippen LogP contribution >= 0.6 is 0 Å². The predicted octanol–water partition coefficient (Wildman–Crippen LogP) is 0.627. The van der Waals surface area contributed by atoms with E-state index in [-0.39, 0.29) is 17.7 Å². The Morgan fingerprint density at radius 2 is 2.11 bits per heavy atom. The number of halogens is 1. The average molecular weight is 245 g/mol. The average Bonchev–Trinajstić information content (AvgIpc) is 2.38. The molecule has 0 saturated heterocycles. The lowest BCUT2D eigenvalue weighted by Gasteiger charge is -2.16. The molecule has 0 aliphatic carbocycles. The maximum atomic E-state index is 12.7. The highest BCUT2D eigenvalue weighted by Crippen LogP contribution is 2.19. The summed E-state index contributed by atoms with van der Waals surface area (Å²) >= 11 is 0. The van der Waals surface area contributed by atoms with E-state index in [2.05, 4.69) is 19.9 Å². The Morgan fingerprint density at radius 3 is 2.72 bits per heavy atom. The summed E-state index contributed by atoms with van der Waals surface area (Å²) in [5.41, 5.74) is 6.02. The summed E-state index contributed by atoms with van der Waals surface area (Å²) < 4.78 is 12.7. The molecule has 2 aromatic rings. The fourth-order valence-corrected chi connectivity index (χ4v) is 1.26. The number of nitrogens with two attached hydrogens (primary N) is 1. The number of hydrogen-bond acceptors (Lipinski definition) is 7. The van der Waals surface area contributed by atoms with Gasteiger partial charge in [-0.2, -0.15) is 24.6 Å². The van der Waals surface area contributed by atoms with Crippen LogP contribution in [-0.2, 0) is 0 Å². The monoisotopic (exact) mass is 245 g/mol. The second-order valence-electron chi connectivity index (χ2n) is 3.33. The number of nitrogens with zero attached hydrogens (tertiary/aromatic N) is 6. The summed E-state index contributed by atoms with van der Waals surface area (Å²) in [7, 11) is 1.64. The molecule has 0 amide bonds. The zero-order chi connectivity index (χ0) is 13.1. The van der Waals surface area contributed by atoms with Crippen molar-refractivity contribution < 1.29 is 4.39 Å². The van der Waals surface area contributed by atoms with Crippen LogP contribution in [0.4, 0.5) is 22.0 Å². The number of nitrogen functional groups attached to an aromatic ring is 1. The van der Waals surface area contributed by atoms with Crippen molar-refractivity contribution >= 4 is 17.6 Å². The van der Waals surface area contributed by atoms with Gasteiger partial charge in [-0.1, -0.05) is 0 Å². The largest absolute Gasteiger partial charge is 0.368 e. The minimum absolute atomic E-state index is 0.0570. The standard InChI is InChI=1S/C10H8FN7/c1-18(6-2-3-7(11)14-5-6)10-16-8(4-12)15-9(13)17-10/h2-3,5H,1H3,(H2,13,15,16,17). The van der Waals surface area contributed by atoms with Crippen LogP contribution in [-0.4, -0.2) is 27.0 Å². The van der Waals surface area contributed by atoms with E-state index in [9.17, 15) is 4.39 Å². The van der Waals surface area contributed by atoms with E-state index in [1.165, 1.54) is 23.2 Å². The van der Waals surface area contributed by atoms with Crippen LogP contribution in [0.3, 0.4) is 0 Å². The third-order valence-electron chi connectivity index (χ3n) is 2.14. The molecule has 0 aliphatic rings. The van der Waals surface area contributed by atoms with Gasteiger partial charge in [-0.3, -0.25) is 0 Å². The molecule has 0 fully saturated rings. The van der Waals surface area contributed by atoms with E-state index in [0.717, 1.165) is 0 Å². The SMILES string of the molecule is CN(c1ccc(F)nc1)c1nc(N)nc(C#N)n1. The Labute approximate surface area is 102 Å².